The highest BCUT2D eigenvalue weighted by Crippen LogP contribution is 2.55. The van der Waals surface area contributed by atoms with E-state index in [0.29, 0.717) is 6.54 Å². The van der Waals surface area contributed by atoms with Crippen molar-refractivity contribution in [2.45, 2.75) is 6.42 Å². The third-order valence-electron chi connectivity index (χ3n) is 5.40. The van der Waals surface area contributed by atoms with E-state index >= 15 is 0 Å². The van der Waals surface area contributed by atoms with E-state index in [1.54, 1.807) is 7.05 Å². The van der Waals surface area contributed by atoms with Crippen molar-refractivity contribution in [1.82, 2.24) is 5.32 Å². The molecule has 0 aliphatic rings. The summed E-state index contributed by atoms with van der Waals surface area (Å²) >= 11 is 0. The Labute approximate surface area is 185 Å². The number of likely N-dealkylation sites (N-methyl/N-ethyl adjacent to an activating group) is 1. The molecule has 5 N–H and O–H groups in total. The van der Waals surface area contributed by atoms with Gasteiger partial charge < -0.3 is 5.32 Å². The molecule has 160 valence electrons. The van der Waals surface area contributed by atoms with E-state index in [0.717, 1.165) is 12.6 Å². The van der Waals surface area contributed by atoms with Crippen LogP contribution in [-0.4, -0.2) is 42.7 Å². The number of guanidine groups is 1. The number of rotatable bonds is 9. The lowest BCUT2D eigenvalue weighted by atomic mass is 10.3. The predicted octanol–water partition coefficient (Wildman–Crippen LogP) is 1.40. The topological polar surface area (TPSA) is 84.1 Å². The minimum absolute atomic E-state index is 0.0843. The van der Waals surface area contributed by atoms with Crippen LogP contribution in [-0.2, 0) is 4.79 Å². The molecule has 6 heteroatoms. The molecule has 0 aliphatic heterocycles. The Bertz CT molecular complexity index is 907. The first-order chi connectivity index (χ1) is 15.0. The summed E-state index contributed by atoms with van der Waals surface area (Å²) < 4.78 is 1.53. The Morgan fingerprint density at radius 2 is 1.23 bits per heavy atom. The van der Waals surface area contributed by atoms with Gasteiger partial charge in [0.15, 0.2) is 0 Å². The Morgan fingerprint density at radius 1 is 0.806 bits per heavy atom. The second-order valence-corrected chi connectivity index (χ2v) is 11.1. The van der Waals surface area contributed by atoms with Crippen molar-refractivity contribution in [3.8, 4) is 0 Å². The van der Waals surface area contributed by atoms with Crippen molar-refractivity contribution in [3.05, 3.63) is 91.0 Å². The van der Waals surface area contributed by atoms with E-state index in [-0.39, 0.29) is 18.4 Å². The van der Waals surface area contributed by atoms with Gasteiger partial charge in [-0.3, -0.25) is 20.8 Å². The van der Waals surface area contributed by atoms with E-state index in [1.807, 2.05) is 0 Å². The molecule has 1 amide bonds. The van der Waals surface area contributed by atoms with Crippen LogP contribution in [0.4, 0.5) is 0 Å². The first-order valence-corrected chi connectivity index (χ1v) is 12.4. The molecule has 0 radical (unpaired) electrons. The molecule has 0 unspecified atom stereocenters. The molecule has 0 saturated carbocycles. The van der Waals surface area contributed by atoms with Crippen molar-refractivity contribution >= 4 is 35.0 Å². The normalized spacial score (nSPS) is 11.0. The van der Waals surface area contributed by atoms with Crippen molar-refractivity contribution < 1.29 is 9.37 Å². The fraction of sp³-hybridized carbons (Fsp3) is 0.200. The van der Waals surface area contributed by atoms with Gasteiger partial charge in [0.1, 0.15) is 29.7 Å². The number of nitrogens with one attached hydrogen (secondary N) is 1. The lowest BCUT2D eigenvalue weighted by molar-refractivity contribution is -0.487. The molecule has 0 bridgehead atoms. The van der Waals surface area contributed by atoms with Crippen molar-refractivity contribution in [1.29, 1.82) is 0 Å². The molecule has 3 rings (SSSR count). The fourth-order valence-electron chi connectivity index (χ4n) is 3.79. The third-order valence-corrected chi connectivity index (χ3v) is 9.93. The van der Waals surface area contributed by atoms with Crippen LogP contribution < -0.4 is 32.7 Å². The third kappa shape index (κ3) is 5.50. The first kappa shape index (κ1) is 22.5. The number of hydrogen-bond donors (Lipinski definition) is 3. The zero-order chi connectivity index (χ0) is 22.1. The van der Waals surface area contributed by atoms with E-state index in [1.165, 1.54) is 20.5 Å². The van der Waals surface area contributed by atoms with Gasteiger partial charge in [-0.1, -0.05) is 54.6 Å². The quantitative estimate of drug-likeness (QED) is 0.157. The molecule has 0 atom stereocenters. The van der Waals surface area contributed by atoms with E-state index in [9.17, 15) is 4.79 Å². The minimum atomic E-state index is -1.86. The maximum atomic E-state index is 12.2. The maximum absolute atomic E-state index is 12.2. The number of carbonyl (C=O) groups excluding carboxylic acids is 1. The molecule has 0 saturated heterocycles. The van der Waals surface area contributed by atoms with E-state index < -0.39 is 7.26 Å². The summed E-state index contributed by atoms with van der Waals surface area (Å²) in [4.78, 5) is 12.2. The molecular weight excluding hydrogens is 403 g/mol. The van der Waals surface area contributed by atoms with Crippen LogP contribution in [0.1, 0.15) is 6.42 Å². The average molecular weight is 435 g/mol. The van der Waals surface area contributed by atoms with Gasteiger partial charge in [0, 0.05) is 6.54 Å². The van der Waals surface area contributed by atoms with Gasteiger partial charge in [-0.25, -0.2) is 0 Å². The smallest absolute Gasteiger partial charge is 0.341 e. The number of amides is 1. The summed E-state index contributed by atoms with van der Waals surface area (Å²) in [5.41, 5.74) is 11.1. The Balaban J connectivity index is 1.88. The Kier molecular flexibility index (Phi) is 7.80. The van der Waals surface area contributed by atoms with Crippen LogP contribution in [0.5, 0.6) is 0 Å². The van der Waals surface area contributed by atoms with Crippen LogP contribution in [0.25, 0.3) is 0 Å². The number of benzene rings is 3. The summed E-state index contributed by atoms with van der Waals surface area (Å²) in [5.74, 6) is 0.0521. The fourth-order valence-corrected chi connectivity index (χ4v) is 8.13. The number of nitrogens with zero attached hydrogens (tertiary/aromatic N) is 1. The largest absolute Gasteiger partial charge is 0.353 e. The standard InChI is InChI=1S/C25H29N4OP/c1-29(25(26)27)20-24(30)28-18-11-19-31(21-12-5-2-6-13-21,22-14-7-3-8-15-22)23-16-9-4-10-17-23/h2-10,12-17H,11,18-20H2,1H3,(H3-,26,27,28,30)/p+2. The zero-order valence-corrected chi connectivity index (χ0v) is 18.8. The Hall–Kier alpha value is -3.17. The average Bonchev–Trinajstić information content (AvgIpc) is 2.81. The predicted molar refractivity (Wildman–Crippen MR) is 132 cm³/mol. The van der Waals surface area contributed by atoms with Crippen molar-refractivity contribution in [2.75, 3.05) is 26.3 Å². The number of hydrogen-bond acceptors (Lipinski definition) is 1. The highest BCUT2D eigenvalue weighted by Gasteiger charge is 2.44. The highest BCUT2D eigenvalue weighted by atomic mass is 31.2. The number of nitrogens with two attached hydrogens (primary N) is 2. The van der Waals surface area contributed by atoms with Crippen LogP contribution in [0.2, 0.25) is 0 Å². The van der Waals surface area contributed by atoms with E-state index in [2.05, 4.69) is 96.3 Å². The minimum Gasteiger partial charge on any atom is -0.353 e. The van der Waals surface area contributed by atoms with Gasteiger partial charge in [-0.15, -0.1) is 0 Å². The molecule has 31 heavy (non-hydrogen) atoms. The molecule has 0 fully saturated rings. The lowest BCUT2D eigenvalue weighted by Crippen LogP contribution is -2.40. The highest BCUT2D eigenvalue weighted by molar-refractivity contribution is 7.95. The monoisotopic (exact) mass is 434 g/mol. The van der Waals surface area contributed by atoms with E-state index in [4.69, 9.17) is 11.5 Å². The molecule has 0 aromatic heterocycles. The molecule has 0 heterocycles. The molecule has 5 nitrogen and oxygen atoms in total. The molecule has 0 spiro atoms. The first-order valence-electron chi connectivity index (χ1n) is 10.4. The van der Waals surface area contributed by atoms with Crippen molar-refractivity contribution in [2.24, 2.45) is 11.5 Å². The SMILES string of the molecule is C[N+](CC(=O)NCCC[P+](c1ccccc1)(c1ccccc1)c1ccccc1)=C(N)N. The van der Waals surface area contributed by atoms with Gasteiger partial charge in [0.05, 0.1) is 13.2 Å². The Morgan fingerprint density at radius 3 is 1.61 bits per heavy atom. The van der Waals surface area contributed by atoms with Gasteiger partial charge >= 0.3 is 5.96 Å². The summed E-state index contributed by atoms with van der Waals surface area (Å²) in [6.45, 7) is 0.754. The molecule has 3 aromatic carbocycles. The second-order valence-electron chi connectivity index (χ2n) is 7.52. The summed E-state index contributed by atoms with van der Waals surface area (Å²) in [5, 5.41) is 7.06. The second kappa shape index (κ2) is 10.7. The van der Waals surface area contributed by atoms with Crippen LogP contribution >= 0.6 is 7.26 Å². The van der Waals surface area contributed by atoms with Crippen LogP contribution in [0.15, 0.2) is 91.0 Å². The van der Waals surface area contributed by atoms with Gasteiger partial charge in [0.2, 0.25) is 0 Å². The molecule has 0 aliphatic carbocycles. The van der Waals surface area contributed by atoms with Gasteiger partial charge in [0.25, 0.3) is 5.91 Å². The summed E-state index contributed by atoms with van der Waals surface area (Å²) in [6, 6.07) is 32.3. The van der Waals surface area contributed by atoms with Gasteiger partial charge in [-0.05, 0) is 42.8 Å². The molecular formula is C25H31N4OP+2. The lowest BCUT2D eigenvalue weighted by Gasteiger charge is -2.27. The number of carbonyl (C=O) groups is 1. The van der Waals surface area contributed by atoms with Crippen LogP contribution in [0, 0.1) is 0 Å². The van der Waals surface area contributed by atoms with Crippen molar-refractivity contribution in [3.63, 3.8) is 0 Å². The maximum Gasteiger partial charge on any atom is 0.341 e. The van der Waals surface area contributed by atoms with Gasteiger partial charge in [-0.2, -0.15) is 0 Å². The summed E-state index contributed by atoms with van der Waals surface area (Å²) in [6.07, 6.45) is 1.83. The molecule has 3 aromatic rings. The zero-order valence-electron chi connectivity index (χ0n) is 17.9. The van der Waals surface area contributed by atoms with Crippen LogP contribution in [0.3, 0.4) is 0 Å². The summed E-state index contributed by atoms with van der Waals surface area (Å²) in [7, 11) is -0.162.